The van der Waals surface area contributed by atoms with E-state index in [1.54, 1.807) is 6.07 Å². The molecule has 3 rings (SSSR count). The molecule has 0 aliphatic rings. The van der Waals surface area contributed by atoms with Crippen molar-refractivity contribution < 1.29 is 35.9 Å². The molecule has 0 spiro atoms. The third-order valence-electron chi connectivity index (χ3n) is 4.68. The van der Waals surface area contributed by atoms with Crippen molar-refractivity contribution in [3.8, 4) is 0 Å². The van der Waals surface area contributed by atoms with E-state index in [-0.39, 0.29) is 16.6 Å². The van der Waals surface area contributed by atoms with Crippen molar-refractivity contribution in [3.63, 3.8) is 0 Å². The van der Waals surface area contributed by atoms with Gasteiger partial charge in [-0.2, -0.15) is 17.9 Å². The number of halogens is 3. The Morgan fingerprint density at radius 3 is 2.22 bits per heavy atom. The fourth-order valence-electron chi connectivity index (χ4n) is 3.25. The number of sulfonamides is 1. The normalized spacial score (nSPS) is 14.0. The topological polar surface area (TPSA) is 117 Å². The summed E-state index contributed by atoms with van der Waals surface area (Å²) in [6, 6.07) is 10.2. The number of carbonyl (C=O) groups is 2. The van der Waals surface area contributed by atoms with Crippen molar-refractivity contribution in [1.29, 1.82) is 0 Å². The first-order chi connectivity index (χ1) is 14.9. The zero-order valence-corrected chi connectivity index (χ0v) is 17.6. The van der Waals surface area contributed by atoms with Gasteiger partial charge >= 0.3 is 12.1 Å². The van der Waals surface area contributed by atoms with E-state index >= 15 is 0 Å². The number of carbonyl (C=O) groups excluding carboxylic acids is 2. The standard InChI is InChI=1S/C20H18F3N3O5S/c1-12(27)25-13-7-9-14(10-8-13)32(29,30)26-19(18(28)31-2,20(21,22)23)16-11-24-17-6-4-3-5-15(16)17/h3-11,24,26H,1-2H3,(H,25,27). The molecule has 32 heavy (non-hydrogen) atoms. The number of benzene rings is 2. The Labute approximate surface area is 180 Å². The molecule has 0 saturated carbocycles. The van der Waals surface area contributed by atoms with Crippen LogP contribution in [0.1, 0.15) is 12.5 Å². The van der Waals surface area contributed by atoms with Gasteiger partial charge in [-0.25, -0.2) is 13.2 Å². The van der Waals surface area contributed by atoms with Crippen LogP contribution in [0.2, 0.25) is 0 Å². The molecular formula is C20H18F3N3O5S. The molecule has 2 aromatic carbocycles. The number of ether oxygens (including phenoxy) is 1. The quantitative estimate of drug-likeness (QED) is 0.480. The molecule has 1 atom stereocenters. The minimum absolute atomic E-state index is 0.0149. The van der Waals surface area contributed by atoms with Crippen LogP contribution in [-0.2, 0) is 29.9 Å². The summed E-state index contributed by atoms with van der Waals surface area (Å²) in [5, 5.41) is 2.40. The number of amides is 1. The average molecular weight is 469 g/mol. The molecule has 1 unspecified atom stereocenters. The highest BCUT2D eigenvalue weighted by molar-refractivity contribution is 7.89. The summed E-state index contributed by atoms with van der Waals surface area (Å²) >= 11 is 0. The van der Waals surface area contributed by atoms with E-state index in [0.717, 1.165) is 25.4 Å². The zero-order valence-electron chi connectivity index (χ0n) is 16.8. The third-order valence-corrected chi connectivity index (χ3v) is 6.15. The number of hydrogen-bond acceptors (Lipinski definition) is 5. The molecule has 0 fully saturated rings. The minimum Gasteiger partial charge on any atom is -0.467 e. The van der Waals surface area contributed by atoms with E-state index in [2.05, 4.69) is 15.0 Å². The maximum atomic E-state index is 14.5. The second-order valence-corrected chi connectivity index (χ2v) is 8.48. The predicted molar refractivity (Wildman–Crippen MR) is 109 cm³/mol. The fourth-order valence-corrected chi connectivity index (χ4v) is 4.57. The summed E-state index contributed by atoms with van der Waals surface area (Å²) in [7, 11) is -4.16. The minimum atomic E-state index is -5.41. The van der Waals surface area contributed by atoms with E-state index < -0.39 is 44.1 Å². The SMILES string of the molecule is COC(=O)C(NS(=O)(=O)c1ccc(NC(C)=O)cc1)(c1c[nH]c2ccccc12)C(F)(F)F. The third kappa shape index (κ3) is 4.06. The molecule has 3 N–H and O–H groups in total. The van der Waals surface area contributed by atoms with Gasteiger partial charge in [0, 0.05) is 35.3 Å². The zero-order chi connectivity index (χ0) is 23.7. The lowest BCUT2D eigenvalue weighted by Gasteiger charge is -2.33. The smallest absolute Gasteiger partial charge is 0.422 e. The summed E-state index contributed by atoms with van der Waals surface area (Å²) in [6.07, 6.45) is -4.49. The number of fused-ring (bicyclic) bond motifs is 1. The summed E-state index contributed by atoms with van der Waals surface area (Å²) in [4.78, 5) is 25.8. The van der Waals surface area contributed by atoms with Gasteiger partial charge in [-0.1, -0.05) is 18.2 Å². The van der Waals surface area contributed by atoms with Gasteiger partial charge in [0.2, 0.25) is 15.9 Å². The highest BCUT2D eigenvalue weighted by Crippen LogP contribution is 2.44. The summed E-state index contributed by atoms with van der Waals surface area (Å²) in [5.74, 6) is -2.27. The lowest BCUT2D eigenvalue weighted by Crippen LogP contribution is -2.61. The summed E-state index contributed by atoms with van der Waals surface area (Å²) in [6.45, 7) is 1.24. The van der Waals surface area contributed by atoms with Gasteiger partial charge in [0.05, 0.1) is 12.0 Å². The maximum absolute atomic E-state index is 14.5. The molecule has 0 aliphatic carbocycles. The second-order valence-electron chi connectivity index (χ2n) is 6.80. The van der Waals surface area contributed by atoms with Gasteiger partial charge < -0.3 is 15.0 Å². The lowest BCUT2D eigenvalue weighted by atomic mass is 9.90. The lowest BCUT2D eigenvalue weighted by molar-refractivity contribution is -0.210. The van der Waals surface area contributed by atoms with Crippen molar-refractivity contribution in [2.75, 3.05) is 12.4 Å². The van der Waals surface area contributed by atoms with Gasteiger partial charge in [0.25, 0.3) is 5.54 Å². The van der Waals surface area contributed by atoms with E-state index in [1.807, 2.05) is 0 Å². The number of rotatable bonds is 6. The van der Waals surface area contributed by atoms with Crippen LogP contribution in [0, 0.1) is 0 Å². The number of esters is 1. The Balaban J connectivity index is 2.18. The number of methoxy groups -OCH3 is 1. The van der Waals surface area contributed by atoms with Crippen molar-refractivity contribution in [2.45, 2.75) is 23.5 Å². The Kier molecular flexibility index (Phi) is 6.03. The molecule has 0 radical (unpaired) electrons. The van der Waals surface area contributed by atoms with Gasteiger partial charge in [-0.3, -0.25) is 4.79 Å². The number of hydrogen-bond donors (Lipinski definition) is 3. The number of aromatic amines is 1. The molecule has 1 aromatic heterocycles. The first-order valence-electron chi connectivity index (χ1n) is 9.06. The average Bonchev–Trinajstić information content (AvgIpc) is 3.15. The van der Waals surface area contributed by atoms with Crippen molar-refractivity contribution in [3.05, 3.63) is 60.3 Å². The molecule has 0 aliphatic heterocycles. The molecule has 0 saturated heterocycles. The Hall–Kier alpha value is -3.38. The van der Waals surface area contributed by atoms with E-state index in [4.69, 9.17) is 0 Å². The van der Waals surface area contributed by atoms with E-state index in [0.29, 0.717) is 0 Å². The summed E-state index contributed by atoms with van der Waals surface area (Å²) in [5.41, 5.74) is -3.89. The highest BCUT2D eigenvalue weighted by atomic mass is 32.2. The molecule has 0 bridgehead atoms. The maximum Gasteiger partial charge on any atom is 0.422 e. The number of aromatic nitrogens is 1. The van der Waals surface area contributed by atoms with Crippen molar-refractivity contribution >= 4 is 38.5 Å². The number of para-hydroxylation sites is 1. The van der Waals surface area contributed by atoms with Crippen LogP contribution in [0.15, 0.2) is 59.6 Å². The van der Waals surface area contributed by atoms with Crippen LogP contribution >= 0.6 is 0 Å². The Bertz CT molecular complexity index is 1270. The fraction of sp³-hybridized carbons (Fsp3) is 0.200. The van der Waals surface area contributed by atoms with Crippen molar-refractivity contribution in [2.24, 2.45) is 0 Å². The van der Waals surface area contributed by atoms with Gasteiger partial charge in [-0.15, -0.1) is 0 Å². The second kappa shape index (κ2) is 8.28. The van der Waals surface area contributed by atoms with E-state index in [1.165, 1.54) is 42.0 Å². The molecule has 1 heterocycles. The van der Waals surface area contributed by atoms with Crippen LogP contribution in [0.3, 0.4) is 0 Å². The number of alkyl halides is 3. The molecular weight excluding hydrogens is 451 g/mol. The molecule has 1 amide bonds. The summed E-state index contributed by atoms with van der Waals surface area (Å²) < 4.78 is 75.3. The number of H-pyrrole nitrogens is 1. The Morgan fingerprint density at radius 2 is 1.66 bits per heavy atom. The van der Waals surface area contributed by atoms with Crippen LogP contribution in [-0.4, -0.2) is 38.6 Å². The first kappa shape index (κ1) is 23.3. The number of nitrogens with one attached hydrogen (secondary N) is 3. The first-order valence-corrected chi connectivity index (χ1v) is 10.5. The van der Waals surface area contributed by atoms with Crippen LogP contribution in [0.25, 0.3) is 10.9 Å². The molecule has 170 valence electrons. The van der Waals surface area contributed by atoms with Gasteiger partial charge in [-0.05, 0) is 30.3 Å². The largest absolute Gasteiger partial charge is 0.467 e. The predicted octanol–water partition coefficient (Wildman–Crippen LogP) is 3.04. The van der Waals surface area contributed by atoms with Crippen LogP contribution in [0.4, 0.5) is 18.9 Å². The van der Waals surface area contributed by atoms with Gasteiger partial charge in [0.1, 0.15) is 0 Å². The Morgan fingerprint density at radius 1 is 1.03 bits per heavy atom. The van der Waals surface area contributed by atoms with Gasteiger partial charge in [0.15, 0.2) is 0 Å². The number of anilines is 1. The highest BCUT2D eigenvalue weighted by Gasteiger charge is 2.65. The molecule has 12 heteroatoms. The monoisotopic (exact) mass is 469 g/mol. The van der Waals surface area contributed by atoms with Crippen LogP contribution < -0.4 is 10.0 Å². The van der Waals surface area contributed by atoms with E-state index in [9.17, 15) is 31.2 Å². The van der Waals surface area contributed by atoms with Crippen LogP contribution in [0.5, 0.6) is 0 Å². The van der Waals surface area contributed by atoms with Crippen molar-refractivity contribution in [1.82, 2.24) is 9.71 Å². The molecule has 8 nitrogen and oxygen atoms in total. The molecule has 3 aromatic rings.